The quantitative estimate of drug-likeness (QED) is 0.907. The molecular weight excluding hydrogens is 334 g/mol. The highest BCUT2D eigenvalue weighted by Gasteiger charge is 2.37. The number of carboxylic acid groups (broad SMARTS) is 1. The van der Waals surface area contributed by atoms with Crippen LogP contribution in [0.15, 0.2) is 22.7 Å². The number of hydrogen-bond acceptors (Lipinski definition) is 2. The highest BCUT2D eigenvalue weighted by atomic mass is 79.9. The van der Waals surface area contributed by atoms with E-state index in [0.29, 0.717) is 4.47 Å². The molecule has 0 spiro atoms. The smallest absolute Gasteiger partial charge is 0.329 e. The van der Waals surface area contributed by atoms with Crippen molar-refractivity contribution in [1.82, 2.24) is 4.90 Å². The molecule has 0 saturated carbocycles. The Bertz CT molecular complexity index is 517. The molecule has 1 N–H and O–H groups in total. The van der Waals surface area contributed by atoms with Gasteiger partial charge in [-0.15, -0.1) is 0 Å². The highest BCUT2D eigenvalue weighted by molar-refractivity contribution is 9.10. The van der Waals surface area contributed by atoms with Gasteiger partial charge in [0.1, 0.15) is 5.54 Å². The molecule has 0 atom stereocenters. The van der Waals surface area contributed by atoms with Gasteiger partial charge in [-0.2, -0.15) is 0 Å². The minimum Gasteiger partial charge on any atom is -0.480 e. The second-order valence-electron chi connectivity index (χ2n) is 4.51. The van der Waals surface area contributed by atoms with E-state index in [2.05, 4.69) is 15.9 Å². The predicted octanol–water partition coefficient (Wildman–Crippen LogP) is 3.43. The molecular formula is C13H15BrClNO3. The first-order chi connectivity index (χ1) is 8.73. The van der Waals surface area contributed by atoms with Gasteiger partial charge in [-0.1, -0.05) is 17.7 Å². The maximum atomic E-state index is 12.5. The molecule has 0 fully saturated rings. The molecule has 1 aromatic carbocycles. The van der Waals surface area contributed by atoms with E-state index in [9.17, 15) is 14.7 Å². The zero-order chi connectivity index (χ0) is 14.8. The number of rotatable bonds is 4. The maximum absolute atomic E-state index is 12.5. The van der Waals surface area contributed by atoms with E-state index in [4.69, 9.17) is 11.6 Å². The number of carbonyl (C=O) groups excluding carboxylic acids is 1. The Balaban J connectivity index is 3.24. The molecule has 0 saturated heterocycles. The van der Waals surface area contributed by atoms with Crippen molar-refractivity contribution in [2.24, 2.45) is 0 Å². The minimum absolute atomic E-state index is 0.279. The highest BCUT2D eigenvalue weighted by Crippen LogP contribution is 2.28. The first-order valence-electron chi connectivity index (χ1n) is 5.72. The standard InChI is InChI=1S/C13H15BrClNO3/c1-4-16(13(2,3)12(18)19)11(17)8-6-5-7-9(14)10(8)15/h5-7H,4H2,1-3H3,(H,18,19). The lowest BCUT2D eigenvalue weighted by molar-refractivity contribution is -0.147. The lowest BCUT2D eigenvalue weighted by atomic mass is 10.0. The summed E-state index contributed by atoms with van der Waals surface area (Å²) < 4.78 is 0.601. The van der Waals surface area contributed by atoms with Gasteiger partial charge in [0.15, 0.2) is 0 Å². The number of benzene rings is 1. The molecule has 0 heterocycles. The van der Waals surface area contributed by atoms with Crippen molar-refractivity contribution in [3.63, 3.8) is 0 Å². The van der Waals surface area contributed by atoms with Crippen molar-refractivity contribution in [3.8, 4) is 0 Å². The van der Waals surface area contributed by atoms with Gasteiger partial charge in [0, 0.05) is 11.0 Å². The molecule has 0 radical (unpaired) electrons. The molecule has 0 aromatic heterocycles. The summed E-state index contributed by atoms with van der Waals surface area (Å²) in [5, 5.41) is 9.51. The van der Waals surface area contributed by atoms with Crippen LogP contribution < -0.4 is 0 Å². The van der Waals surface area contributed by atoms with Gasteiger partial charge >= 0.3 is 5.97 Å². The third-order valence-corrected chi connectivity index (χ3v) is 4.24. The number of carbonyl (C=O) groups is 2. The van der Waals surface area contributed by atoms with Gasteiger partial charge in [0.25, 0.3) is 5.91 Å². The first kappa shape index (κ1) is 16.0. The van der Waals surface area contributed by atoms with Crippen molar-refractivity contribution in [1.29, 1.82) is 0 Å². The molecule has 19 heavy (non-hydrogen) atoms. The number of amides is 1. The summed E-state index contributed by atoms with van der Waals surface area (Å²) in [7, 11) is 0. The Morgan fingerprint density at radius 1 is 1.42 bits per heavy atom. The molecule has 1 rings (SSSR count). The van der Waals surface area contributed by atoms with Crippen molar-refractivity contribution in [3.05, 3.63) is 33.3 Å². The second kappa shape index (κ2) is 5.92. The number of aliphatic carboxylic acids is 1. The summed E-state index contributed by atoms with van der Waals surface area (Å²) in [6.07, 6.45) is 0. The molecule has 0 bridgehead atoms. The molecule has 6 heteroatoms. The van der Waals surface area contributed by atoms with Crippen molar-refractivity contribution in [2.45, 2.75) is 26.3 Å². The fraction of sp³-hybridized carbons (Fsp3) is 0.385. The lowest BCUT2D eigenvalue weighted by Gasteiger charge is -2.34. The van der Waals surface area contributed by atoms with Crippen LogP contribution in [0.25, 0.3) is 0 Å². The van der Waals surface area contributed by atoms with Gasteiger partial charge in [-0.3, -0.25) is 4.79 Å². The summed E-state index contributed by atoms with van der Waals surface area (Å²) in [4.78, 5) is 25.0. The van der Waals surface area contributed by atoms with Crippen LogP contribution >= 0.6 is 27.5 Å². The summed E-state index contributed by atoms with van der Waals surface area (Å²) >= 11 is 9.32. The van der Waals surface area contributed by atoms with Crippen LogP contribution in [0.5, 0.6) is 0 Å². The molecule has 104 valence electrons. The van der Waals surface area contributed by atoms with Crippen LogP contribution in [0.3, 0.4) is 0 Å². The van der Waals surface area contributed by atoms with E-state index in [1.807, 2.05) is 0 Å². The van der Waals surface area contributed by atoms with Crippen LogP contribution in [0.2, 0.25) is 5.02 Å². The summed E-state index contributed by atoms with van der Waals surface area (Å²) in [5.41, 5.74) is -1.01. The number of nitrogens with zero attached hydrogens (tertiary/aromatic N) is 1. The van der Waals surface area contributed by atoms with E-state index < -0.39 is 17.4 Å². The van der Waals surface area contributed by atoms with Crippen LogP contribution in [0.1, 0.15) is 31.1 Å². The van der Waals surface area contributed by atoms with E-state index >= 15 is 0 Å². The van der Waals surface area contributed by atoms with Gasteiger partial charge in [-0.05, 0) is 48.8 Å². The third kappa shape index (κ3) is 3.09. The molecule has 0 aliphatic carbocycles. The minimum atomic E-state index is -1.29. The monoisotopic (exact) mass is 347 g/mol. The first-order valence-corrected chi connectivity index (χ1v) is 6.90. The SMILES string of the molecule is CCN(C(=O)c1cccc(Br)c1Cl)C(C)(C)C(=O)O. The van der Waals surface area contributed by atoms with Gasteiger partial charge in [0.05, 0.1) is 10.6 Å². The molecule has 4 nitrogen and oxygen atoms in total. The summed E-state index contributed by atoms with van der Waals surface area (Å²) in [5.74, 6) is -1.46. The number of likely N-dealkylation sites (N-methyl/N-ethyl adjacent to an activating group) is 1. The van der Waals surface area contributed by atoms with E-state index in [1.165, 1.54) is 18.7 Å². The largest absolute Gasteiger partial charge is 0.480 e. The fourth-order valence-corrected chi connectivity index (χ4v) is 2.30. The molecule has 0 aliphatic heterocycles. The van der Waals surface area contributed by atoms with Crippen molar-refractivity contribution < 1.29 is 14.7 Å². The summed E-state index contributed by atoms with van der Waals surface area (Å²) in [6.45, 7) is 4.99. The Morgan fingerprint density at radius 2 is 2.00 bits per heavy atom. The Kier molecular flexibility index (Phi) is 4.98. The zero-order valence-corrected chi connectivity index (χ0v) is 13.2. The fourth-order valence-electron chi connectivity index (χ4n) is 1.72. The van der Waals surface area contributed by atoms with Gasteiger partial charge in [0.2, 0.25) is 0 Å². The number of halogens is 2. The topological polar surface area (TPSA) is 57.6 Å². The van der Waals surface area contributed by atoms with Crippen LogP contribution in [-0.4, -0.2) is 34.0 Å². The Hall–Kier alpha value is -1.07. The zero-order valence-electron chi connectivity index (χ0n) is 10.9. The van der Waals surface area contributed by atoms with E-state index in [1.54, 1.807) is 25.1 Å². The molecule has 1 amide bonds. The molecule has 1 aromatic rings. The van der Waals surface area contributed by atoms with E-state index in [0.717, 1.165) is 0 Å². The van der Waals surface area contributed by atoms with Crippen molar-refractivity contribution >= 4 is 39.4 Å². The number of hydrogen-bond donors (Lipinski definition) is 1. The lowest BCUT2D eigenvalue weighted by Crippen LogP contribution is -2.53. The van der Waals surface area contributed by atoms with Gasteiger partial charge < -0.3 is 10.0 Å². The van der Waals surface area contributed by atoms with E-state index in [-0.39, 0.29) is 17.1 Å². The van der Waals surface area contributed by atoms with Crippen molar-refractivity contribution in [2.75, 3.05) is 6.54 Å². The maximum Gasteiger partial charge on any atom is 0.329 e. The Labute approximate surface area is 125 Å². The average Bonchev–Trinajstić information content (AvgIpc) is 2.32. The number of carboxylic acids is 1. The predicted molar refractivity (Wildman–Crippen MR) is 77.6 cm³/mol. The second-order valence-corrected chi connectivity index (χ2v) is 5.75. The van der Waals surface area contributed by atoms with Crippen LogP contribution in [0.4, 0.5) is 0 Å². The third-order valence-electron chi connectivity index (χ3n) is 2.94. The Morgan fingerprint density at radius 3 is 2.47 bits per heavy atom. The molecule has 0 aliphatic rings. The van der Waals surface area contributed by atoms with Gasteiger partial charge in [-0.25, -0.2) is 4.79 Å². The van der Waals surface area contributed by atoms with Crippen LogP contribution in [0, 0.1) is 0 Å². The van der Waals surface area contributed by atoms with Crippen LogP contribution in [-0.2, 0) is 4.79 Å². The molecule has 0 unspecified atom stereocenters. The summed E-state index contributed by atoms with van der Waals surface area (Å²) in [6, 6.07) is 4.98. The normalized spacial score (nSPS) is 11.2. The average molecular weight is 349 g/mol.